The molecular weight excluding hydrogens is 278 g/mol. The third-order valence-corrected chi connectivity index (χ3v) is 3.31. The lowest BCUT2D eigenvalue weighted by atomic mass is 10.1. The number of hydrogen-bond donors (Lipinski definition) is 1. The monoisotopic (exact) mass is 287 g/mol. The van der Waals surface area contributed by atoms with Crippen LogP contribution in [0.5, 0.6) is 0 Å². The fourth-order valence-corrected chi connectivity index (χ4v) is 2.23. The zero-order chi connectivity index (χ0) is 14.3. The van der Waals surface area contributed by atoms with Crippen LogP contribution in [0.1, 0.15) is 15.9 Å². The Morgan fingerprint density at radius 3 is 2.85 bits per heavy atom. The third-order valence-electron chi connectivity index (χ3n) is 3.08. The van der Waals surface area contributed by atoms with Gasteiger partial charge in [-0.05, 0) is 36.8 Å². The Labute approximate surface area is 119 Å². The maximum atomic E-state index is 11.2. The molecule has 0 bridgehead atoms. The molecule has 4 nitrogen and oxygen atoms in total. The van der Waals surface area contributed by atoms with E-state index in [4.69, 9.17) is 21.1 Å². The highest BCUT2D eigenvalue weighted by atomic mass is 35.5. The minimum absolute atomic E-state index is 0.122. The number of aryl methyl sites for hydroxylation is 1. The van der Waals surface area contributed by atoms with Crippen molar-refractivity contribution in [3.8, 4) is 11.5 Å². The Hall–Kier alpha value is -2.33. The van der Waals surface area contributed by atoms with Gasteiger partial charge in [-0.3, -0.25) is 0 Å². The fraction of sp³-hybridized carbons (Fsp3) is 0.0667. The summed E-state index contributed by atoms with van der Waals surface area (Å²) in [6, 6.07) is 10.2. The topological polar surface area (TPSA) is 63.3 Å². The van der Waals surface area contributed by atoms with Gasteiger partial charge in [-0.15, -0.1) is 0 Å². The van der Waals surface area contributed by atoms with Gasteiger partial charge in [0.1, 0.15) is 5.52 Å². The zero-order valence-electron chi connectivity index (χ0n) is 10.6. The summed E-state index contributed by atoms with van der Waals surface area (Å²) in [5.41, 5.74) is 2.62. The van der Waals surface area contributed by atoms with Gasteiger partial charge in [0.25, 0.3) is 0 Å². The van der Waals surface area contributed by atoms with Crippen molar-refractivity contribution < 1.29 is 14.3 Å². The average molecular weight is 288 g/mol. The van der Waals surface area contributed by atoms with E-state index in [0.29, 0.717) is 22.0 Å². The van der Waals surface area contributed by atoms with E-state index in [1.807, 2.05) is 13.0 Å². The molecule has 2 aromatic carbocycles. The number of nitrogens with zero attached hydrogens (tertiary/aromatic N) is 1. The van der Waals surface area contributed by atoms with Crippen molar-refractivity contribution in [1.29, 1.82) is 0 Å². The summed E-state index contributed by atoms with van der Waals surface area (Å²) in [6.07, 6.45) is 0. The summed E-state index contributed by atoms with van der Waals surface area (Å²) >= 11 is 5.98. The lowest BCUT2D eigenvalue weighted by Crippen LogP contribution is -1.96. The number of rotatable bonds is 2. The highest BCUT2D eigenvalue weighted by molar-refractivity contribution is 6.30. The Bertz CT molecular complexity index is 823. The number of aromatic nitrogens is 1. The summed E-state index contributed by atoms with van der Waals surface area (Å²) in [6.45, 7) is 1.92. The summed E-state index contributed by atoms with van der Waals surface area (Å²) in [4.78, 5) is 15.5. The van der Waals surface area contributed by atoms with Gasteiger partial charge in [0.2, 0.25) is 5.89 Å². The molecule has 1 N–H and O–H groups in total. The van der Waals surface area contributed by atoms with E-state index in [1.54, 1.807) is 24.3 Å². The first-order valence-electron chi connectivity index (χ1n) is 5.95. The van der Waals surface area contributed by atoms with Crippen molar-refractivity contribution in [2.45, 2.75) is 6.92 Å². The van der Waals surface area contributed by atoms with E-state index in [0.717, 1.165) is 11.1 Å². The summed E-state index contributed by atoms with van der Waals surface area (Å²) in [5.74, 6) is -0.660. The lowest BCUT2D eigenvalue weighted by molar-refractivity contribution is 0.0699. The molecule has 0 fully saturated rings. The van der Waals surface area contributed by atoms with Gasteiger partial charge < -0.3 is 9.52 Å². The number of carbonyl (C=O) groups is 1. The molecule has 0 radical (unpaired) electrons. The molecule has 1 aromatic heterocycles. The molecule has 0 saturated heterocycles. The standard InChI is InChI=1S/C15H10ClNO3/c1-8-5-6-9(16)7-11(8)14-17-13-10(15(18)19)3-2-4-12(13)20-14/h2-7H,1H3,(H,18,19). The number of halogens is 1. The quantitative estimate of drug-likeness (QED) is 0.769. The first-order chi connectivity index (χ1) is 9.56. The normalized spacial score (nSPS) is 10.9. The summed E-state index contributed by atoms with van der Waals surface area (Å²) in [7, 11) is 0. The average Bonchev–Trinajstić information content (AvgIpc) is 2.84. The fourth-order valence-electron chi connectivity index (χ4n) is 2.06. The van der Waals surface area contributed by atoms with Crippen LogP contribution in [-0.4, -0.2) is 16.1 Å². The largest absolute Gasteiger partial charge is 0.478 e. The molecule has 3 aromatic rings. The lowest BCUT2D eigenvalue weighted by Gasteiger charge is -2.01. The zero-order valence-corrected chi connectivity index (χ0v) is 11.3. The molecule has 1 heterocycles. The van der Waals surface area contributed by atoms with E-state index in [2.05, 4.69) is 4.98 Å². The molecule has 0 aliphatic heterocycles. The van der Waals surface area contributed by atoms with Gasteiger partial charge in [-0.1, -0.05) is 23.7 Å². The smallest absolute Gasteiger partial charge is 0.338 e. The second kappa shape index (κ2) is 4.65. The maximum Gasteiger partial charge on any atom is 0.338 e. The number of hydrogen-bond acceptors (Lipinski definition) is 3. The molecule has 0 unspecified atom stereocenters. The predicted octanol–water partition coefficient (Wildman–Crippen LogP) is 4.15. The molecule has 3 rings (SSSR count). The van der Waals surface area contributed by atoms with Crippen molar-refractivity contribution >= 4 is 28.7 Å². The molecule has 0 amide bonds. The van der Waals surface area contributed by atoms with Crippen molar-refractivity contribution in [2.75, 3.05) is 0 Å². The van der Waals surface area contributed by atoms with E-state index in [9.17, 15) is 4.79 Å². The first-order valence-corrected chi connectivity index (χ1v) is 6.33. The molecule has 5 heteroatoms. The van der Waals surface area contributed by atoms with Gasteiger partial charge in [-0.2, -0.15) is 0 Å². The third kappa shape index (κ3) is 2.04. The Kier molecular flexibility index (Phi) is 2.95. The van der Waals surface area contributed by atoms with Crippen molar-refractivity contribution in [1.82, 2.24) is 4.98 Å². The van der Waals surface area contributed by atoms with Crippen LogP contribution in [0.2, 0.25) is 5.02 Å². The van der Waals surface area contributed by atoms with Crippen LogP contribution < -0.4 is 0 Å². The van der Waals surface area contributed by atoms with Crippen molar-refractivity contribution in [3.63, 3.8) is 0 Å². The molecular formula is C15H10ClNO3. The number of para-hydroxylation sites is 1. The number of oxazole rings is 1. The molecule has 0 saturated carbocycles. The molecule has 0 atom stereocenters. The number of fused-ring (bicyclic) bond motifs is 1. The van der Waals surface area contributed by atoms with E-state index < -0.39 is 5.97 Å². The second-order valence-corrected chi connectivity index (χ2v) is 4.87. The molecule has 0 aliphatic rings. The van der Waals surface area contributed by atoms with Gasteiger partial charge >= 0.3 is 5.97 Å². The summed E-state index contributed by atoms with van der Waals surface area (Å²) in [5, 5.41) is 9.73. The van der Waals surface area contributed by atoms with Crippen LogP contribution >= 0.6 is 11.6 Å². The maximum absolute atomic E-state index is 11.2. The van der Waals surface area contributed by atoms with Crippen LogP contribution in [0, 0.1) is 6.92 Å². The van der Waals surface area contributed by atoms with E-state index in [-0.39, 0.29) is 5.56 Å². The Morgan fingerprint density at radius 2 is 2.10 bits per heavy atom. The van der Waals surface area contributed by atoms with Crippen LogP contribution in [0.4, 0.5) is 0 Å². The van der Waals surface area contributed by atoms with Gasteiger partial charge in [0.15, 0.2) is 5.58 Å². The second-order valence-electron chi connectivity index (χ2n) is 4.44. The van der Waals surface area contributed by atoms with Gasteiger partial charge in [-0.25, -0.2) is 9.78 Å². The molecule has 20 heavy (non-hydrogen) atoms. The van der Waals surface area contributed by atoms with E-state index in [1.165, 1.54) is 6.07 Å². The summed E-state index contributed by atoms with van der Waals surface area (Å²) < 4.78 is 5.65. The first kappa shape index (κ1) is 12.7. The molecule has 0 spiro atoms. The number of carboxylic acids is 1. The van der Waals surface area contributed by atoms with Gasteiger partial charge in [0, 0.05) is 10.6 Å². The number of carboxylic acid groups (broad SMARTS) is 1. The minimum atomic E-state index is -1.03. The van der Waals surface area contributed by atoms with E-state index >= 15 is 0 Å². The van der Waals surface area contributed by atoms with Crippen LogP contribution in [0.25, 0.3) is 22.6 Å². The van der Waals surface area contributed by atoms with Crippen molar-refractivity contribution in [3.05, 3.63) is 52.5 Å². The molecule has 0 aliphatic carbocycles. The van der Waals surface area contributed by atoms with Crippen LogP contribution in [0.3, 0.4) is 0 Å². The van der Waals surface area contributed by atoms with Crippen molar-refractivity contribution in [2.24, 2.45) is 0 Å². The number of benzene rings is 2. The SMILES string of the molecule is Cc1ccc(Cl)cc1-c1nc2c(C(=O)O)cccc2o1. The highest BCUT2D eigenvalue weighted by Gasteiger charge is 2.16. The van der Waals surface area contributed by atoms with Crippen LogP contribution in [0.15, 0.2) is 40.8 Å². The van der Waals surface area contributed by atoms with Crippen LogP contribution in [-0.2, 0) is 0 Å². The number of aromatic carboxylic acids is 1. The minimum Gasteiger partial charge on any atom is -0.478 e. The Morgan fingerprint density at radius 1 is 1.30 bits per heavy atom. The van der Waals surface area contributed by atoms with Gasteiger partial charge in [0.05, 0.1) is 5.56 Å². The molecule has 100 valence electrons. The highest BCUT2D eigenvalue weighted by Crippen LogP contribution is 2.30. The predicted molar refractivity (Wildman–Crippen MR) is 76.2 cm³/mol. The Balaban J connectivity index is 2.26.